The van der Waals surface area contributed by atoms with E-state index in [1.165, 1.54) is 26.0 Å². The second-order valence-electron chi connectivity index (χ2n) is 4.59. The number of nitrogens with one attached hydrogen (secondary N) is 1. The zero-order chi connectivity index (χ0) is 16.1. The average Bonchev–Trinajstić information content (AvgIpc) is 2.86. The predicted molar refractivity (Wildman–Crippen MR) is 69.4 cm³/mol. The standard InChI is InChI=1S/C12H10F2N2O5S/c1-6-11(7(2)21-15-6)22(17,18)16-8-3-4-9-10(5-8)20-12(13,14)19-9/h3-5,16H,1-2H3. The zero-order valence-electron chi connectivity index (χ0n) is 11.4. The number of hydrogen-bond acceptors (Lipinski definition) is 6. The third-order valence-electron chi connectivity index (χ3n) is 2.89. The van der Waals surface area contributed by atoms with Gasteiger partial charge in [-0.15, -0.1) is 8.78 Å². The lowest BCUT2D eigenvalue weighted by Crippen LogP contribution is -2.25. The van der Waals surface area contributed by atoms with Crippen molar-refractivity contribution in [2.24, 2.45) is 0 Å². The summed E-state index contributed by atoms with van der Waals surface area (Å²) in [6.45, 7) is 2.93. The fourth-order valence-electron chi connectivity index (χ4n) is 2.08. The molecule has 0 radical (unpaired) electrons. The molecule has 0 bridgehead atoms. The average molecular weight is 332 g/mol. The van der Waals surface area contributed by atoms with Crippen LogP contribution in [0.25, 0.3) is 0 Å². The van der Waals surface area contributed by atoms with Crippen molar-refractivity contribution in [3.63, 3.8) is 0 Å². The number of nitrogens with zero attached hydrogens (tertiary/aromatic N) is 1. The first-order valence-electron chi connectivity index (χ1n) is 6.03. The van der Waals surface area contributed by atoms with Gasteiger partial charge >= 0.3 is 6.29 Å². The lowest BCUT2D eigenvalue weighted by atomic mass is 10.3. The number of halogens is 2. The third kappa shape index (κ3) is 2.45. The molecular formula is C12H10F2N2O5S. The van der Waals surface area contributed by atoms with Gasteiger partial charge in [0.05, 0.1) is 5.69 Å². The normalized spacial score (nSPS) is 15.8. The number of benzene rings is 1. The Labute approximate surface area is 123 Å². The molecule has 22 heavy (non-hydrogen) atoms. The zero-order valence-corrected chi connectivity index (χ0v) is 12.2. The fourth-order valence-corrected chi connectivity index (χ4v) is 3.46. The van der Waals surface area contributed by atoms with Gasteiger partial charge in [-0.2, -0.15) is 0 Å². The van der Waals surface area contributed by atoms with Crippen molar-refractivity contribution >= 4 is 15.7 Å². The molecule has 0 amide bonds. The van der Waals surface area contributed by atoms with Gasteiger partial charge in [0.15, 0.2) is 22.2 Å². The Morgan fingerprint density at radius 2 is 1.86 bits per heavy atom. The Kier molecular flexibility index (Phi) is 3.02. The van der Waals surface area contributed by atoms with Crippen LogP contribution in [0.4, 0.5) is 14.5 Å². The molecule has 0 spiro atoms. The molecule has 10 heteroatoms. The number of ether oxygens (including phenoxy) is 2. The molecule has 0 fully saturated rings. The van der Waals surface area contributed by atoms with Gasteiger partial charge in [-0.1, -0.05) is 5.16 Å². The third-order valence-corrected chi connectivity index (χ3v) is 4.51. The molecule has 0 aliphatic carbocycles. The molecule has 1 aromatic heterocycles. The lowest BCUT2D eigenvalue weighted by molar-refractivity contribution is -0.286. The van der Waals surface area contributed by atoms with Gasteiger partial charge in [0.2, 0.25) is 0 Å². The molecular weight excluding hydrogens is 322 g/mol. The first kappa shape index (κ1) is 14.6. The highest BCUT2D eigenvalue weighted by Crippen LogP contribution is 2.42. The summed E-state index contributed by atoms with van der Waals surface area (Å²) in [6.07, 6.45) is -3.76. The van der Waals surface area contributed by atoms with Crippen molar-refractivity contribution in [1.29, 1.82) is 0 Å². The van der Waals surface area contributed by atoms with Crippen LogP contribution in [0, 0.1) is 13.8 Å². The molecule has 1 aromatic carbocycles. The number of alkyl halides is 2. The van der Waals surface area contributed by atoms with Gasteiger partial charge in [0.25, 0.3) is 10.0 Å². The summed E-state index contributed by atoms with van der Waals surface area (Å²) in [5, 5.41) is 3.56. The minimum Gasteiger partial charge on any atom is -0.395 e. The molecule has 0 atom stereocenters. The second kappa shape index (κ2) is 4.57. The predicted octanol–water partition coefficient (Wildman–Crippen LogP) is 2.41. The second-order valence-corrected chi connectivity index (χ2v) is 6.21. The van der Waals surface area contributed by atoms with E-state index in [1.54, 1.807) is 0 Å². The molecule has 118 valence electrons. The number of fused-ring (bicyclic) bond motifs is 1. The molecule has 3 rings (SSSR count). The Balaban J connectivity index is 1.92. The SMILES string of the molecule is Cc1noc(C)c1S(=O)(=O)Nc1ccc2c(c1)OC(F)(F)O2. The minimum absolute atomic E-state index is 0.0417. The van der Waals surface area contributed by atoms with Gasteiger partial charge in [-0.25, -0.2) is 8.42 Å². The van der Waals surface area contributed by atoms with E-state index in [2.05, 4.69) is 19.4 Å². The summed E-state index contributed by atoms with van der Waals surface area (Å²) in [6, 6.07) is 3.56. The maximum Gasteiger partial charge on any atom is 0.586 e. The quantitative estimate of drug-likeness (QED) is 0.928. The van der Waals surface area contributed by atoms with Gasteiger partial charge in [0, 0.05) is 6.07 Å². The summed E-state index contributed by atoms with van der Waals surface area (Å²) in [7, 11) is -3.97. The molecule has 0 saturated heterocycles. The van der Waals surface area contributed by atoms with Crippen LogP contribution in [0.3, 0.4) is 0 Å². The molecule has 2 heterocycles. The van der Waals surface area contributed by atoms with Gasteiger partial charge in [0.1, 0.15) is 5.69 Å². The van der Waals surface area contributed by atoms with Gasteiger partial charge in [-0.3, -0.25) is 4.72 Å². The fraction of sp³-hybridized carbons (Fsp3) is 0.250. The first-order valence-corrected chi connectivity index (χ1v) is 7.52. The number of aryl methyl sites for hydroxylation is 2. The van der Waals surface area contributed by atoms with E-state index in [4.69, 9.17) is 4.52 Å². The maximum absolute atomic E-state index is 12.9. The molecule has 0 unspecified atom stereocenters. The van der Waals surface area contributed by atoms with Crippen molar-refractivity contribution in [3.05, 3.63) is 29.7 Å². The highest BCUT2D eigenvalue weighted by Gasteiger charge is 2.43. The smallest absolute Gasteiger partial charge is 0.395 e. The molecule has 7 nitrogen and oxygen atoms in total. The molecule has 1 N–H and O–H groups in total. The Bertz CT molecular complexity index is 828. The molecule has 1 aliphatic heterocycles. The van der Waals surface area contributed by atoms with Crippen LogP contribution >= 0.6 is 0 Å². The van der Waals surface area contributed by atoms with Crippen LogP contribution in [0.1, 0.15) is 11.5 Å². The number of sulfonamides is 1. The molecule has 1 aliphatic rings. The van der Waals surface area contributed by atoms with Crippen LogP contribution < -0.4 is 14.2 Å². The van der Waals surface area contributed by atoms with Crippen molar-refractivity contribution in [2.45, 2.75) is 25.0 Å². The van der Waals surface area contributed by atoms with Gasteiger partial charge in [-0.05, 0) is 26.0 Å². The van der Waals surface area contributed by atoms with E-state index in [0.717, 1.165) is 6.07 Å². The summed E-state index contributed by atoms with van der Waals surface area (Å²) in [5.41, 5.74) is 0.234. The van der Waals surface area contributed by atoms with Crippen molar-refractivity contribution < 1.29 is 31.2 Å². The van der Waals surface area contributed by atoms with E-state index in [1.807, 2.05) is 0 Å². The van der Waals surface area contributed by atoms with Gasteiger partial charge < -0.3 is 14.0 Å². The van der Waals surface area contributed by atoms with Crippen LogP contribution in [0.2, 0.25) is 0 Å². The van der Waals surface area contributed by atoms with Crippen molar-refractivity contribution in [3.8, 4) is 11.5 Å². The Morgan fingerprint density at radius 3 is 2.50 bits per heavy atom. The number of anilines is 1. The minimum atomic E-state index is -3.97. The Hall–Kier alpha value is -2.36. The number of rotatable bonds is 3. The molecule has 2 aromatic rings. The summed E-state index contributed by atoms with van der Waals surface area (Å²) >= 11 is 0. The number of aromatic nitrogens is 1. The van der Waals surface area contributed by atoms with Crippen LogP contribution in [-0.4, -0.2) is 19.9 Å². The Morgan fingerprint density at radius 1 is 1.18 bits per heavy atom. The highest BCUT2D eigenvalue weighted by atomic mass is 32.2. The summed E-state index contributed by atoms with van der Waals surface area (Å²) < 4.78 is 66.0. The van der Waals surface area contributed by atoms with Crippen molar-refractivity contribution in [2.75, 3.05) is 4.72 Å². The summed E-state index contributed by atoms with van der Waals surface area (Å²) in [5.74, 6) is -0.313. The first-order chi connectivity index (χ1) is 10.2. The largest absolute Gasteiger partial charge is 0.586 e. The van der Waals surface area contributed by atoms with Crippen LogP contribution in [0.15, 0.2) is 27.6 Å². The number of hydrogen-bond donors (Lipinski definition) is 1. The van der Waals surface area contributed by atoms with Crippen LogP contribution in [0.5, 0.6) is 11.5 Å². The molecule has 0 saturated carbocycles. The maximum atomic E-state index is 12.9. The van der Waals surface area contributed by atoms with E-state index < -0.39 is 16.3 Å². The lowest BCUT2D eigenvalue weighted by Gasteiger charge is -2.08. The highest BCUT2D eigenvalue weighted by molar-refractivity contribution is 7.92. The van der Waals surface area contributed by atoms with E-state index >= 15 is 0 Å². The topological polar surface area (TPSA) is 90.7 Å². The van der Waals surface area contributed by atoms with E-state index in [-0.39, 0.29) is 33.5 Å². The monoisotopic (exact) mass is 332 g/mol. The van der Waals surface area contributed by atoms with Crippen LogP contribution in [-0.2, 0) is 10.0 Å². The van der Waals surface area contributed by atoms with Crippen molar-refractivity contribution in [1.82, 2.24) is 5.16 Å². The van der Waals surface area contributed by atoms with E-state index in [0.29, 0.717) is 0 Å². The summed E-state index contributed by atoms with van der Waals surface area (Å²) in [4.78, 5) is -0.101. The van der Waals surface area contributed by atoms with E-state index in [9.17, 15) is 17.2 Å².